The van der Waals surface area contributed by atoms with E-state index in [0.29, 0.717) is 24.1 Å². The van der Waals surface area contributed by atoms with Gasteiger partial charge in [0.2, 0.25) is 11.9 Å². The Morgan fingerprint density at radius 1 is 1.14 bits per heavy atom. The zero-order valence-electron chi connectivity index (χ0n) is 20.5. The van der Waals surface area contributed by atoms with Gasteiger partial charge in [-0.1, -0.05) is 43.6 Å². The summed E-state index contributed by atoms with van der Waals surface area (Å²) in [6.07, 6.45) is 5.24. The smallest absolute Gasteiger partial charge is 0.223 e. The van der Waals surface area contributed by atoms with E-state index in [1.54, 1.807) is 6.20 Å². The van der Waals surface area contributed by atoms with Crippen molar-refractivity contribution in [2.75, 3.05) is 49.5 Å². The molecule has 1 fully saturated rings. The Balaban J connectivity index is 1.34. The van der Waals surface area contributed by atoms with E-state index in [1.807, 2.05) is 36.5 Å². The van der Waals surface area contributed by atoms with Crippen LogP contribution in [-0.2, 0) is 11.3 Å². The fraction of sp³-hybridized carbons (Fsp3) is 0.462. The molecule has 0 aliphatic carbocycles. The third-order valence-electron chi connectivity index (χ3n) is 6.67. The first kappa shape index (κ1) is 25.1. The second kappa shape index (κ2) is 12.1. The molecule has 0 unspecified atom stereocenters. The minimum Gasteiger partial charge on any atom is -0.356 e. The number of rotatable bonds is 10. The van der Waals surface area contributed by atoms with Gasteiger partial charge in [-0.3, -0.25) is 4.79 Å². The third-order valence-corrected chi connectivity index (χ3v) is 7.04. The lowest BCUT2D eigenvalue weighted by Crippen LogP contribution is -2.42. The van der Waals surface area contributed by atoms with E-state index in [0.717, 1.165) is 67.8 Å². The molecular weight excluding hydrogens is 462 g/mol. The summed E-state index contributed by atoms with van der Waals surface area (Å²) in [6.45, 7) is 10.0. The maximum atomic E-state index is 12.6. The Hall–Kier alpha value is -2.97. The second-order valence-electron chi connectivity index (χ2n) is 8.79. The summed E-state index contributed by atoms with van der Waals surface area (Å²) < 4.78 is 0. The summed E-state index contributed by atoms with van der Waals surface area (Å²) in [5, 5.41) is 8.00. The van der Waals surface area contributed by atoms with Gasteiger partial charge in [0, 0.05) is 56.1 Å². The van der Waals surface area contributed by atoms with Crippen molar-refractivity contribution in [3.05, 3.63) is 53.3 Å². The molecule has 2 aromatic heterocycles. The van der Waals surface area contributed by atoms with Gasteiger partial charge < -0.3 is 20.4 Å². The van der Waals surface area contributed by atoms with Crippen LogP contribution in [0.1, 0.15) is 32.3 Å². The molecule has 3 aromatic rings. The highest BCUT2D eigenvalue weighted by Gasteiger charge is 2.26. The van der Waals surface area contributed by atoms with Crippen LogP contribution < -0.4 is 15.5 Å². The molecule has 0 radical (unpaired) electrons. The number of carbonyl (C=O) groups is 1. The van der Waals surface area contributed by atoms with Gasteiger partial charge in [-0.2, -0.15) is 0 Å². The highest BCUT2D eigenvalue weighted by molar-refractivity contribution is 6.31. The Morgan fingerprint density at radius 3 is 2.66 bits per heavy atom. The normalized spacial score (nSPS) is 14.5. The molecule has 1 aromatic carbocycles. The predicted molar refractivity (Wildman–Crippen MR) is 142 cm³/mol. The molecule has 35 heavy (non-hydrogen) atoms. The van der Waals surface area contributed by atoms with Crippen molar-refractivity contribution >= 4 is 40.2 Å². The molecule has 1 aliphatic heterocycles. The van der Waals surface area contributed by atoms with E-state index in [2.05, 4.69) is 49.2 Å². The number of benzene rings is 1. The maximum Gasteiger partial charge on any atom is 0.223 e. The van der Waals surface area contributed by atoms with Crippen LogP contribution in [0.2, 0.25) is 5.02 Å². The number of anilines is 2. The summed E-state index contributed by atoms with van der Waals surface area (Å²) >= 11 is 6.25. The molecule has 2 N–H and O–H groups in total. The van der Waals surface area contributed by atoms with Crippen molar-refractivity contribution in [3.63, 3.8) is 0 Å². The molecule has 1 amide bonds. The van der Waals surface area contributed by atoms with E-state index in [4.69, 9.17) is 11.6 Å². The summed E-state index contributed by atoms with van der Waals surface area (Å²) in [7, 11) is 0. The highest BCUT2D eigenvalue weighted by Crippen LogP contribution is 2.28. The number of piperidine rings is 1. The van der Waals surface area contributed by atoms with Crippen LogP contribution in [0.15, 0.2) is 42.7 Å². The maximum absolute atomic E-state index is 12.6. The highest BCUT2D eigenvalue weighted by atomic mass is 35.5. The standard InChI is InChI=1S/C26H34ClN7O/c1-3-33(4-2)16-13-29-25(35)19-10-14-34(15-11-19)24-21-18-31-26(32-23(21)9-12-28-24)30-17-20-7-5-6-8-22(20)27/h5-9,12,18-19H,3-4,10-11,13-17H2,1-2H3,(H,29,35)(H,30,31,32). The first-order valence-electron chi connectivity index (χ1n) is 12.4. The van der Waals surface area contributed by atoms with E-state index < -0.39 is 0 Å². The van der Waals surface area contributed by atoms with Gasteiger partial charge in [-0.15, -0.1) is 0 Å². The molecule has 0 bridgehead atoms. The first-order chi connectivity index (χ1) is 17.1. The summed E-state index contributed by atoms with van der Waals surface area (Å²) in [5.41, 5.74) is 1.83. The van der Waals surface area contributed by atoms with Gasteiger partial charge in [0.15, 0.2) is 0 Å². The topological polar surface area (TPSA) is 86.3 Å². The van der Waals surface area contributed by atoms with Gasteiger partial charge >= 0.3 is 0 Å². The van der Waals surface area contributed by atoms with Crippen LogP contribution in [0.3, 0.4) is 0 Å². The number of pyridine rings is 1. The number of nitrogens with one attached hydrogen (secondary N) is 2. The van der Waals surface area contributed by atoms with Crippen LogP contribution in [-0.4, -0.2) is 65.0 Å². The Bertz CT molecular complexity index is 1130. The SMILES string of the molecule is CCN(CC)CCNC(=O)C1CCN(c2nccc3nc(NCc4ccccc4Cl)ncc23)CC1. The minimum atomic E-state index is 0.0507. The van der Waals surface area contributed by atoms with E-state index in [9.17, 15) is 4.79 Å². The number of likely N-dealkylation sites (N-methyl/N-ethyl adjacent to an activating group) is 1. The van der Waals surface area contributed by atoms with E-state index in [-0.39, 0.29) is 11.8 Å². The molecule has 0 spiro atoms. The Morgan fingerprint density at radius 2 is 1.91 bits per heavy atom. The number of amides is 1. The van der Waals surface area contributed by atoms with Crippen molar-refractivity contribution in [3.8, 4) is 0 Å². The fourth-order valence-corrected chi connectivity index (χ4v) is 4.67. The summed E-state index contributed by atoms with van der Waals surface area (Å²) in [5.74, 6) is 1.64. The van der Waals surface area contributed by atoms with Crippen LogP contribution in [0.25, 0.3) is 10.9 Å². The van der Waals surface area contributed by atoms with Gasteiger partial charge in [0.05, 0.1) is 10.9 Å². The lowest BCUT2D eigenvalue weighted by atomic mass is 9.95. The molecule has 3 heterocycles. The zero-order chi connectivity index (χ0) is 24.6. The fourth-order valence-electron chi connectivity index (χ4n) is 4.47. The Kier molecular flexibility index (Phi) is 8.71. The number of nitrogens with zero attached hydrogens (tertiary/aromatic N) is 5. The average molecular weight is 496 g/mol. The molecule has 186 valence electrons. The van der Waals surface area contributed by atoms with Gasteiger partial charge in [0.25, 0.3) is 0 Å². The first-order valence-corrected chi connectivity index (χ1v) is 12.8. The molecular formula is C26H34ClN7O. The second-order valence-corrected chi connectivity index (χ2v) is 9.19. The van der Waals surface area contributed by atoms with Crippen molar-refractivity contribution in [2.45, 2.75) is 33.2 Å². The van der Waals surface area contributed by atoms with Crippen molar-refractivity contribution in [1.82, 2.24) is 25.2 Å². The predicted octanol–water partition coefficient (Wildman–Crippen LogP) is 3.96. The van der Waals surface area contributed by atoms with Crippen LogP contribution in [0, 0.1) is 5.92 Å². The molecule has 1 aliphatic rings. The number of halogens is 1. The lowest BCUT2D eigenvalue weighted by Gasteiger charge is -2.32. The van der Waals surface area contributed by atoms with Crippen LogP contribution >= 0.6 is 11.6 Å². The van der Waals surface area contributed by atoms with E-state index >= 15 is 0 Å². The van der Waals surface area contributed by atoms with Gasteiger partial charge in [0.1, 0.15) is 5.82 Å². The van der Waals surface area contributed by atoms with Crippen molar-refractivity contribution in [1.29, 1.82) is 0 Å². The lowest BCUT2D eigenvalue weighted by molar-refractivity contribution is -0.125. The molecule has 8 nitrogen and oxygen atoms in total. The number of hydrogen-bond acceptors (Lipinski definition) is 7. The van der Waals surface area contributed by atoms with Gasteiger partial charge in [-0.05, 0) is 43.6 Å². The summed E-state index contributed by atoms with van der Waals surface area (Å²) in [6, 6.07) is 9.62. The van der Waals surface area contributed by atoms with Crippen LogP contribution in [0.5, 0.6) is 0 Å². The summed E-state index contributed by atoms with van der Waals surface area (Å²) in [4.78, 5) is 31.0. The number of fused-ring (bicyclic) bond motifs is 1. The zero-order valence-corrected chi connectivity index (χ0v) is 21.3. The molecule has 4 rings (SSSR count). The monoisotopic (exact) mass is 495 g/mol. The van der Waals surface area contributed by atoms with Gasteiger partial charge in [-0.25, -0.2) is 15.0 Å². The molecule has 1 saturated heterocycles. The average Bonchev–Trinajstić information content (AvgIpc) is 2.90. The number of carbonyl (C=O) groups excluding carboxylic acids is 1. The molecule has 0 saturated carbocycles. The Labute approximate surface area is 212 Å². The minimum absolute atomic E-state index is 0.0507. The molecule has 9 heteroatoms. The van der Waals surface area contributed by atoms with Crippen molar-refractivity contribution < 1.29 is 4.79 Å². The van der Waals surface area contributed by atoms with Crippen LogP contribution in [0.4, 0.5) is 11.8 Å². The number of aromatic nitrogens is 3. The van der Waals surface area contributed by atoms with E-state index in [1.165, 1.54) is 0 Å². The molecule has 0 atom stereocenters. The van der Waals surface area contributed by atoms with Crippen molar-refractivity contribution in [2.24, 2.45) is 5.92 Å². The third kappa shape index (κ3) is 6.38. The number of hydrogen-bond donors (Lipinski definition) is 2. The largest absolute Gasteiger partial charge is 0.356 e. The quantitative estimate of drug-likeness (QED) is 0.440.